The lowest BCUT2D eigenvalue weighted by Gasteiger charge is -2.49. The van der Waals surface area contributed by atoms with Crippen LogP contribution in [0.3, 0.4) is 0 Å². The van der Waals surface area contributed by atoms with Crippen LogP contribution in [-0.2, 0) is 31.2 Å². The molecule has 2 aliphatic heterocycles. The zero-order chi connectivity index (χ0) is 40.3. The number of aliphatic hydroxyl groups excluding tert-OH is 1. The highest BCUT2D eigenvalue weighted by molar-refractivity contribution is 6.32. The maximum atomic E-state index is 15.3. The van der Waals surface area contributed by atoms with Crippen molar-refractivity contribution in [1.82, 2.24) is 0 Å². The molecule has 11 heteroatoms. The third-order valence-corrected chi connectivity index (χ3v) is 12.6. The number of carbonyl (C=O) groups excluding carboxylic acids is 4. The number of hydrogen-bond donors (Lipinski definition) is 1. The first kappa shape index (κ1) is 37.4. The molecule has 292 valence electrons. The summed E-state index contributed by atoms with van der Waals surface area (Å²) < 4.78 is 17.2. The Morgan fingerprint density at radius 1 is 0.793 bits per heavy atom. The number of aliphatic hydroxyl groups is 1. The summed E-state index contributed by atoms with van der Waals surface area (Å²) in [5.74, 6) is -3.19. The number of allylic oxidation sites excluding steroid dienone is 2. The molecule has 9 rings (SSSR count). The molecule has 5 aromatic rings. The second-order valence-corrected chi connectivity index (χ2v) is 15.5. The number of nitrogens with zero attached hydrogens (tertiary/aromatic N) is 2. The van der Waals surface area contributed by atoms with Gasteiger partial charge in [0.05, 0.1) is 49.3 Å². The molecule has 0 radical (unpaired) electrons. The molecular weight excluding hydrogens is 756 g/mol. The number of methoxy groups -OCH3 is 2. The predicted molar refractivity (Wildman–Crippen MR) is 218 cm³/mol. The van der Waals surface area contributed by atoms with Gasteiger partial charge in [-0.3, -0.25) is 24.1 Å². The highest BCUT2D eigenvalue weighted by Gasteiger charge is 2.71. The maximum absolute atomic E-state index is 15.3. The number of hydrogen-bond acceptors (Lipinski definition) is 8. The summed E-state index contributed by atoms with van der Waals surface area (Å²) in [5.41, 5.74) is 2.39. The fourth-order valence-electron chi connectivity index (χ4n) is 9.83. The normalized spacial score (nSPS) is 25.2. The minimum absolute atomic E-state index is 0.151. The van der Waals surface area contributed by atoms with Crippen LogP contribution in [0.25, 0.3) is 12.2 Å². The summed E-state index contributed by atoms with van der Waals surface area (Å²) in [6.45, 7) is -0.366. The van der Waals surface area contributed by atoms with Crippen LogP contribution in [-0.4, -0.2) is 43.0 Å². The van der Waals surface area contributed by atoms with E-state index in [9.17, 15) is 19.5 Å². The van der Waals surface area contributed by atoms with Crippen molar-refractivity contribution in [2.24, 2.45) is 23.7 Å². The summed E-state index contributed by atoms with van der Waals surface area (Å²) in [7, 11) is 3.21. The molecule has 2 aliphatic carbocycles. The van der Waals surface area contributed by atoms with E-state index in [-0.39, 0.29) is 31.3 Å². The molecule has 2 saturated heterocycles. The monoisotopic (exact) mass is 794 g/mol. The zero-order valence-corrected chi connectivity index (χ0v) is 32.5. The van der Waals surface area contributed by atoms with Crippen molar-refractivity contribution in [2.75, 3.05) is 24.0 Å². The molecule has 0 bridgehead atoms. The second-order valence-electron chi connectivity index (χ2n) is 15.1. The molecule has 1 N–H and O–H groups in total. The van der Waals surface area contributed by atoms with Crippen LogP contribution >= 0.6 is 11.6 Å². The van der Waals surface area contributed by atoms with Crippen LogP contribution in [0.4, 0.5) is 11.4 Å². The van der Waals surface area contributed by atoms with Gasteiger partial charge in [-0.1, -0.05) is 83.9 Å². The molecule has 10 nitrogen and oxygen atoms in total. The minimum atomic E-state index is -1.47. The van der Waals surface area contributed by atoms with Crippen molar-refractivity contribution in [1.29, 1.82) is 0 Å². The van der Waals surface area contributed by atoms with Crippen molar-refractivity contribution in [3.63, 3.8) is 0 Å². The van der Waals surface area contributed by atoms with Crippen molar-refractivity contribution >= 4 is 58.8 Å². The van der Waals surface area contributed by atoms with E-state index >= 15 is 4.79 Å². The van der Waals surface area contributed by atoms with Crippen LogP contribution in [0.15, 0.2) is 125 Å². The Labute approximate surface area is 339 Å². The molecule has 4 aliphatic rings. The minimum Gasteiger partial charge on any atom is -0.497 e. The Hall–Kier alpha value is -6.23. The number of imide groups is 2. The first-order valence-electron chi connectivity index (χ1n) is 19.2. The molecule has 58 heavy (non-hydrogen) atoms. The molecule has 3 fully saturated rings. The van der Waals surface area contributed by atoms with Gasteiger partial charge in [0.1, 0.15) is 35.0 Å². The van der Waals surface area contributed by atoms with E-state index in [1.165, 1.54) is 9.80 Å². The van der Waals surface area contributed by atoms with E-state index < -0.39 is 46.8 Å². The Morgan fingerprint density at radius 2 is 1.59 bits per heavy atom. The number of halogens is 1. The van der Waals surface area contributed by atoms with Gasteiger partial charge < -0.3 is 19.0 Å². The topological polar surface area (TPSA) is 127 Å². The van der Waals surface area contributed by atoms with E-state index in [0.29, 0.717) is 45.0 Å². The van der Waals surface area contributed by atoms with Gasteiger partial charge in [-0.05, 0) is 90.6 Å². The van der Waals surface area contributed by atoms with E-state index in [1.807, 2.05) is 78.9 Å². The van der Waals surface area contributed by atoms with Crippen LogP contribution in [0.1, 0.15) is 47.0 Å². The molecule has 1 aromatic heterocycles. The number of benzene rings is 4. The standard InChI is InChI=1S/C47H39ClN2O8/c1-56-33-17-21-39(57-2)28(23-33)14-11-27-12-15-31(16-13-27)49-43(52)36-20-19-35-37(41(36)45(49)54)25-38-44(53)50(32-10-6-9-30(48)24-32)46(55)47(38,29-7-4-3-5-8-29)42(35)40-22-18-34(26-51)58-40/h3-19,21-24,36-38,41-42,51H,20,25-26H2,1-2H3. The summed E-state index contributed by atoms with van der Waals surface area (Å²) >= 11 is 6.41. The van der Waals surface area contributed by atoms with Crippen molar-refractivity contribution in [2.45, 2.75) is 30.8 Å². The molecule has 4 amide bonds. The number of amides is 4. The average Bonchev–Trinajstić information content (AvgIpc) is 3.90. The van der Waals surface area contributed by atoms with E-state index in [0.717, 1.165) is 16.7 Å². The van der Waals surface area contributed by atoms with Gasteiger partial charge in [-0.2, -0.15) is 0 Å². The maximum Gasteiger partial charge on any atom is 0.246 e. The Balaban J connectivity index is 1.11. The summed E-state index contributed by atoms with van der Waals surface area (Å²) in [6.07, 6.45) is 6.21. The number of rotatable bonds is 9. The number of anilines is 2. The van der Waals surface area contributed by atoms with Crippen molar-refractivity contribution in [3.05, 3.63) is 154 Å². The third-order valence-electron chi connectivity index (χ3n) is 12.3. The highest BCUT2D eigenvalue weighted by Crippen LogP contribution is 2.64. The van der Waals surface area contributed by atoms with Gasteiger partial charge in [0.15, 0.2) is 0 Å². The molecule has 6 unspecified atom stereocenters. The molecule has 4 aromatic carbocycles. The first-order valence-corrected chi connectivity index (χ1v) is 19.5. The second kappa shape index (κ2) is 14.6. The van der Waals surface area contributed by atoms with Crippen LogP contribution in [0, 0.1) is 23.7 Å². The van der Waals surface area contributed by atoms with Gasteiger partial charge in [0.25, 0.3) is 0 Å². The average molecular weight is 795 g/mol. The molecule has 0 spiro atoms. The van der Waals surface area contributed by atoms with Crippen LogP contribution in [0.5, 0.6) is 11.5 Å². The van der Waals surface area contributed by atoms with Crippen LogP contribution in [0.2, 0.25) is 5.02 Å². The molecule has 6 atom stereocenters. The lowest BCUT2D eigenvalue weighted by Crippen LogP contribution is -2.53. The number of furan rings is 1. The lowest BCUT2D eigenvalue weighted by molar-refractivity contribution is -0.127. The van der Waals surface area contributed by atoms with Crippen molar-refractivity contribution in [3.8, 4) is 11.5 Å². The number of carbonyl (C=O) groups is 4. The fourth-order valence-corrected chi connectivity index (χ4v) is 10.0. The largest absolute Gasteiger partial charge is 0.497 e. The smallest absolute Gasteiger partial charge is 0.246 e. The third kappa shape index (κ3) is 5.73. The van der Waals surface area contributed by atoms with E-state index in [4.69, 9.17) is 25.5 Å². The van der Waals surface area contributed by atoms with Gasteiger partial charge in [-0.25, -0.2) is 4.90 Å². The summed E-state index contributed by atoms with van der Waals surface area (Å²) in [4.78, 5) is 61.7. The lowest BCUT2D eigenvalue weighted by atomic mass is 9.50. The Morgan fingerprint density at radius 3 is 2.29 bits per heavy atom. The zero-order valence-electron chi connectivity index (χ0n) is 31.7. The van der Waals surface area contributed by atoms with Crippen molar-refractivity contribution < 1.29 is 38.2 Å². The van der Waals surface area contributed by atoms with Gasteiger partial charge in [-0.15, -0.1) is 0 Å². The molecule has 3 heterocycles. The first-order chi connectivity index (χ1) is 28.2. The Bertz CT molecular complexity index is 2530. The molecule has 1 saturated carbocycles. The summed E-state index contributed by atoms with van der Waals surface area (Å²) in [5, 5.41) is 10.4. The SMILES string of the molecule is COc1ccc(OC)c(C=Cc2ccc(N3C(=O)C4CC=C5C(CC6C(=O)N(c7cccc(Cl)c7)C(=O)C6(c6ccccc6)C5c5ccc(CO)o5)C4C3=O)cc2)c1. The number of fused-ring (bicyclic) bond motifs is 4. The fraction of sp³-hybridized carbons (Fsp3) is 0.234. The molecular formula is C47H39ClN2O8. The number of ether oxygens (including phenoxy) is 2. The van der Waals surface area contributed by atoms with Crippen LogP contribution < -0.4 is 19.3 Å². The Kier molecular flexibility index (Phi) is 9.41. The van der Waals surface area contributed by atoms with E-state index in [2.05, 4.69) is 0 Å². The van der Waals surface area contributed by atoms with Gasteiger partial charge in [0, 0.05) is 10.6 Å². The summed E-state index contributed by atoms with van der Waals surface area (Å²) in [6, 6.07) is 32.0. The van der Waals surface area contributed by atoms with Gasteiger partial charge >= 0.3 is 0 Å². The van der Waals surface area contributed by atoms with E-state index in [1.54, 1.807) is 62.8 Å². The predicted octanol–water partition coefficient (Wildman–Crippen LogP) is 7.98. The highest BCUT2D eigenvalue weighted by atomic mass is 35.5. The quantitative estimate of drug-likeness (QED) is 0.0905. The van der Waals surface area contributed by atoms with Gasteiger partial charge in [0.2, 0.25) is 23.6 Å².